The van der Waals surface area contributed by atoms with Gasteiger partial charge in [-0.25, -0.2) is 17.2 Å². The van der Waals surface area contributed by atoms with Crippen molar-refractivity contribution in [3.8, 4) is 23.2 Å². The van der Waals surface area contributed by atoms with Crippen LogP contribution in [-0.4, -0.2) is 137 Å². The smallest absolute Gasteiger partial charge is 0.259 e. The molecule has 0 bridgehead atoms. The number of alkyl halides is 2. The maximum Gasteiger partial charge on any atom is 0.259 e. The largest absolute Gasteiger partial charge is 0.461 e. The van der Waals surface area contributed by atoms with Gasteiger partial charge in [-0.2, -0.15) is 38.9 Å². The maximum atomic E-state index is 13.3. The normalized spacial score (nSPS) is 14.5. The highest BCUT2D eigenvalue weighted by molar-refractivity contribution is 7.90. The summed E-state index contributed by atoms with van der Waals surface area (Å²) in [7, 11) is -3.57. The molecule has 22 nitrogen and oxygen atoms in total. The topological polar surface area (TPSA) is 303 Å². The second-order valence-electron chi connectivity index (χ2n) is 16.3. The van der Waals surface area contributed by atoms with E-state index in [4.69, 9.17) is 26.0 Å². The zero-order chi connectivity index (χ0) is 49.4. The molecule has 2 fully saturated rings. The van der Waals surface area contributed by atoms with Crippen LogP contribution in [0.25, 0.3) is 34.7 Å². The summed E-state index contributed by atoms with van der Waals surface area (Å²) in [4.78, 5) is 52.6. The van der Waals surface area contributed by atoms with Crippen LogP contribution in [0.4, 0.5) is 26.6 Å². The number of halogens is 2. The number of nitrogens with two attached hydrogens (primary N) is 3. The van der Waals surface area contributed by atoms with Crippen LogP contribution < -0.4 is 22.5 Å². The van der Waals surface area contributed by atoms with Crippen LogP contribution in [0.1, 0.15) is 57.5 Å². The molecule has 70 heavy (non-hydrogen) atoms. The van der Waals surface area contributed by atoms with Crippen LogP contribution in [0.15, 0.2) is 99.3 Å². The Hall–Kier alpha value is -7.93. The Labute approximate surface area is 399 Å². The summed E-state index contributed by atoms with van der Waals surface area (Å²) in [5, 5.41) is 11.1. The van der Waals surface area contributed by atoms with Crippen LogP contribution in [0, 0.1) is 0 Å². The third-order valence-electron chi connectivity index (χ3n) is 11.2. The molecular weight excluding hydrogens is 931 g/mol. The molecule has 2 saturated heterocycles. The molecule has 10 rings (SSSR count). The molecule has 0 spiro atoms. The predicted molar refractivity (Wildman–Crippen MR) is 252 cm³/mol. The number of anilines is 3. The monoisotopic (exact) mass is 980 g/mol. The molecule has 0 saturated carbocycles. The standard InChI is InChI=1S/C22H23FN8O2.C14H19FN2O.C9H8N6O3S/c23-16-8-11-30(12-9-16)19(32)15-5-3-14(4-6-15)7-10-25-21-27-20(24)31-22(28-21)26-18(29-31)17-2-1-13-33-17;15-13-6-9-17(10-7-13)14(18)12-3-1-11(2-4-12)5-8-16;1-19(16,17)9-12-7(10)15-8(13-9)11-6(14-15)5-3-2-4-18-5/h1-6,13,16H,7-12H2,(H3,24,25,26,27,28,29);1-4,13H,5-10,16H2;2-4H,1H3,(H2,10,11,12,13,14). The first kappa shape index (κ1) is 48.5. The molecule has 2 aliphatic rings. The van der Waals surface area contributed by atoms with Crippen molar-refractivity contribution in [1.82, 2.24) is 58.9 Å². The van der Waals surface area contributed by atoms with Gasteiger partial charge in [0.25, 0.3) is 28.5 Å². The van der Waals surface area contributed by atoms with Crippen LogP contribution >= 0.6 is 0 Å². The van der Waals surface area contributed by atoms with Crippen molar-refractivity contribution in [1.29, 1.82) is 0 Å². The first-order valence-electron chi connectivity index (χ1n) is 22.3. The number of nitrogens with zero attached hydrogens (tertiary/aromatic N) is 12. The fraction of sp³-hybridized carbons (Fsp3) is 0.333. The van der Waals surface area contributed by atoms with Gasteiger partial charge in [0, 0.05) is 50.1 Å². The Kier molecular flexibility index (Phi) is 15.0. The van der Waals surface area contributed by atoms with E-state index in [2.05, 4.69) is 45.4 Å². The van der Waals surface area contributed by atoms with E-state index in [1.165, 1.54) is 10.8 Å². The number of nitrogens with one attached hydrogen (secondary N) is 1. The number of amides is 2. The Morgan fingerprint density at radius 2 is 1.11 bits per heavy atom. The maximum absolute atomic E-state index is 13.3. The number of carbonyl (C=O) groups excluding carboxylic acids is 2. The molecule has 0 atom stereocenters. The highest BCUT2D eigenvalue weighted by Gasteiger charge is 2.25. The van der Waals surface area contributed by atoms with Crippen LogP contribution in [0.5, 0.6) is 0 Å². The van der Waals surface area contributed by atoms with E-state index in [0.29, 0.717) is 112 Å². The minimum absolute atomic E-state index is 0.00111. The molecular formula is C45H50F2N16O6S. The number of fused-ring (bicyclic) bond motifs is 2. The third kappa shape index (κ3) is 11.8. The average Bonchev–Trinajstić information content (AvgIpc) is 4.21. The third-order valence-corrected chi connectivity index (χ3v) is 12.1. The van der Waals surface area contributed by atoms with Crippen molar-refractivity contribution in [2.45, 2.75) is 56.0 Å². The predicted octanol–water partition coefficient (Wildman–Crippen LogP) is 4.12. The van der Waals surface area contributed by atoms with Gasteiger partial charge in [0.2, 0.25) is 39.3 Å². The SMILES string of the molecule is CS(=O)(=O)c1nc(N)n2nc(-c3ccco3)nc2n1.NCCc1ccc(C(=O)N2CCC(F)CC2)cc1.Nc1nc(NCCc2ccc(C(=O)N3CCC(F)CC3)cc2)nc2nc(-c3ccco3)nn12. The number of benzene rings is 2. The Morgan fingerprint density at radius 3 is 1.56 bits per heavy atom. The summed E-state index contributed by atoms with van der Waals surface area (Å²) in [6, 6.07) is 21.8. The van der Waals surface area contributed by atoms with Gasteiger partial charge in [-0.05, 0) is 105 Å². The molecule has 0 aliphatic carbocycles. The quantitative estimate of drug-likeness (QED) is 0.142. The summed E-state index contributed by atoms with van der Waals surface area (Å²) >= 11 is 0. The Morgan fingerprint density at radius 1 is 0.657 bits per heavy atom. The second kappa shape index (κ2) is 21.6. The van der Waals surface area contributed by atoms with E-state index in [1.54, 1.807) is 40.3 Å². The highest BCUT2D eigenvalue weighted by Crippen LogP contribution is 2.21. The van der Waals surface area contributed by atoms with Gasteiger partial charge in [-0.15, -0.1) is 10.2 Å². The lowest BCUT2D eigenvalue weighted by atomic mass is 10.1. The number of furan rings is 2. The van der Waals surface area contributed by atoms with E-state index in [0.717, 1.165) is 28.3 Å². The Bertz CT molecular complexity index is 3140. The minimum Gasteiger partial charge on any atom is -0.461 e. The number of hydrogen-bond donors (Lipinski definition) is 4. The van der Waals surface area contributed by atoms with E-state index in [9.17, 15) is 26.8 Å². The number of piperidine rings is 2. The summed E-state index contributed by atoms with van der Waals surface area (Å²) in [6.07, 6.45) is 5.70. The molecule has 8 aromatic rings. The van der Waals surface area contributed by atoms with E-state index < -0.39 is 27.3 Å². The highest BCUT2D eigenvalue weighted by atomic mass is 32.2. The van der Waals surface area contributed by atoms with Gasteiger partial charge < -0.3 is 41.2 Å². The molecule has 6 aromatic heterocycles. The Balaban J connectivity index is 0.000000152. The second-order valence-corrected chi connectivity index (χ2v) is 18.2. The number of hydrogen-bond acceptors (Lipinski definition) is 18. The zero-order valence-electron chi connectivity index (χ0n) is 37.9. The van der Waals surface area contributed by atoms with Crippen molar-refractivity contribution >= 4 is 51.1 Å². The van der Waals surface area contributed by atoms with Gasteiger partial charge in [-0.3, -0.25) is 9.59 Å². The van der Waals surface area contributed by atoms with Crippen molar-refractivity contribution in [3.05, 3.63) is 108 Å². The fourth-order valence-electron chi connectivity index (χ4n) is 7.44. The number of sulfone groups is 1. The molecule has 0 radical (unpaired) electrons. The van der Waals surface area contributed by atoms with Crippen molar-refractivity contribution in [2.24, 2.45) is 5.73 Å². The van der Waals surface area contributed by atoms with Crippen molar-refractivity contribution in [3.63, 3.8) is 0 Å². The molecule has 2 aromatic carbocycles. The van der Waals surface area contributed by atoms with Gasteiger partial charge in [0.1, 0.15) is 12.3 Å². The summed E-state index contributed by atoms with van der Waals surface area (Å²) in [5.41, 5.74) is 20.6. The number of aromatic nitrogens is 10. The van der Waals surface area contributed by atoms with Crippen LogP contribution in [-0.2, 0) is 22.7 Å². The molecule has 7 N–H and O–H groups in total. The van der Waals surface area contributed by atoms with Gasteiger partial charge in [0.05, 0.1) is 12.5 Å². The van der Waals surface area contributed by atoms with Gasteiger partial charge >= 0.3 is 0 Å². The molecule has 8 heterocycles. The average molecular weight is 981 g/mol. The summed E-state index contributed by atoms with van der Waals surface area (Å²) in [5.74, 6) is 2.26. The van der Waals surface area contributed by atoms with Crippen molar-refractivity contribution < 1.29 is 35.6 Å². The summed E-state index contributed by atoms with van der Waals surface area (Å²) in [6.45, 7) is 3.14. The van der Waals surface area contributed by atoms with E-state index in [-0.39, 0.29) is 35.3 Å². The van der Waals surface area contributed by atoms with E-state index >= 15 is 0 Å². The van der Waals surface area contributed by atoms with Gasteiger partial charge in [-0.1, -0.05) is 24.3 Å². The lowest BCUT2D eigenvalue weighted by Crippen LogP contribution is -2.39. The van der Waals surface area contributed by atoms with Gasteiger partial charge in [0.15, 0.2) is 11.5 Å². The lowest BCUT2D eigenvalue weighted by molar-refractivity contribution is 0.0658. The lowest BCUT2D eigenvalue weighted by Gasteiger charge is -2.28. The molecule has 0 unspecified atom stereocenters. The minimum atomic E-state index is -3.57. The number of rotatable bonds is 11. The number of carbonyl (C=O) groups is 2. The first-order valence-corrected chi connectivity index (χ1v) is 24.2. The number of likely N-dealkylation sites (tertiary alicyclic amines) is 2. The molecule has 2 amide bonds. The van der Waals surface area contributed by atoms with Crippen molar-refractivity contribution in [2.75, 3.05) is 62.3 Å². The summed E-state index contributed by atoms with van der Waals surface area (Å²) < 4.78 is 62.1. The first-order chi connectivity index (χ1) is 33.7. The molecule has 25 heteroatoms. The number of nitrogen functional groups attached to an aromatic ring is 2. The van der Waals surface area contributed by atoms with Crippen LogP contribution in [0.2, 0.25) is 0 Å². The molecule has 2 aliphatic heterocycles. The van der Waals surface area contributed by atoms with Crippen LogP contribution in [0.3, 0.4) is 0 Å². The fourth-order valence-corrected chi connectivity index (χ4v) is 7.94. The molecule has 366 valence electrons. The zero-order valence-corrected chi connectivity index (χ0v) is 38.8. The van der Waals surface area contributed by atoms with E-state index in [1.807, 2.05) is 48.5 Å².